The van der Waals surface area contributed by atoms with Gasteiger partial charge >= 0.3 is 0 Å². The number of fused-ring (bicyclic) bond motifs is 1. The molecule has 4 rings (SSSR count). The molecule has 0 spiro atoms. The molecule has 0 saturated carbocycles. The maximum atomic E-state index is 13.4. The number of rotatable bonds is 7. The third-order valence-electron chi connectivity index (χ3n) is 4.63. The minimum atomic E-state index is -3.63. The molecule has 2 heterocycles. The van der Waals surface area contributed by atoms with Gasteiger partial charge in [-0.15, -0.1) is 11.3 Å². The Bertz CT molecular complexity index is 1160. The molecule has 142 valence electrons. The Hall–Kier alpha value is -2.54. The Labute approximate surface area is 169 Å². The second-order valence-corrected chi connectivity index (χ2v) is 9.51. The van der Waals surface area contributed by atoms with Gasteiger partial charge in [-0.2, -0.15) is 4.31 Å². The summed E-state index contributed by atoms with van der Waals surface area (Å²) in [7, 11) is -3.63. The fraction of sp³-hybridized carbons (Fsp3) is 0.136. The van der Waals surface area contributed by atoms with Gasteiger partial charge in [0.2, 0.25) is 10.0 Å². The average molecular weight is 409 g/mol. The van der Waals surface area contributed by atoms with Crippen molar-refractivity contribution in [3.63, 3.8) is 0 Å². The van der Waals surface area contributed by atoms with Gasteiger partial charge < -0.3 is 0 Å². The van der Waals surface area contributed by atoms with Crippen molar-refractivity contribution in [1.82, 2.24) is 9.29 Å². The highest BCUT2D eigenvalue weighted by molar-refractivity contribution is 7.89. The fourth-order valence-corrected chi connectivity index (χ4v) is 5.31. The van der Waals surface area contributed by atoms with Crippen LogP contribution in [0.1, 0.15) is 10.4 Å². The largest absolute Gasteiger partial charge is 0.264 e. The fourth-order valence-electron chi connectivity index (χ4n) is 3.15. The number of aromatic nitrogens is 1. The Morgan fingerprint density at radius 3 is 2.54 bits per heavy atom. The Morgan fingerprint density at radius 1 is 0.929 bits per heavy atom. The first-order valence-electron chi connectivity index (χ1n) is 9.03. The molecule has 4 nitrogen and oxygen atoms in total. The van der Waals surface area contributed by atoms with Gasteiger partial charge in [0.15, 0.2) is 0 Å². The molecule has 0 saturated heterocycles. The van der Waals surface area contributed by atoms with Crippen LogP contribution in [0.5, 0.6) is 0 Å². The van der Waals surface area contributed by atoms with Gasteiger partial charge in [-0.1, -0.05) is 42.5 Å². The van der Waals surface area contributed by atoms with Crippen LogP contribution in [0.4, 0.5) is 0 Å². The highest BCUT2D eigenvalue weighted by atomic mass is 32.2. The van der Waals surface area contributed by atoms with Crippen molar-refractivity contribution in [2.24, 2.45) is 0 Å². The molecule has 0 fully saturated rings. The molecule has 4 aromatic rings. The molecule has 0 aliphatic rings. The maximum Gasteiger partial charge on any atom is 0.243 e. The van der Waals surface area contributed by atoms with Crippen LogP contribution in [-0.4, -0.2) is 24.3 Å². The first-order chi connectivity index (χ1) is 13.6. The first-order valence-corrected chi connectivity index (χ1v) is 11.4. The Balaban J connectivity index is 1.67. The summed E-state index contributed by atoms with van der Waals surface area (Å²) >= 11 is 1.65. The lowest BCUT2D eigenvalue weighted by atomic mass is 10.1. The van der Waals surface area contributed by atoms with Gasteiger partial charge in [-0.05, 0) is 52.4 Å². The van der Waals surface area contributed by atoms with Gasteiger partial charge in [0.25, 0.3) is 0 Å². The maximum absolute atomic E-state index is 13.4. The number of thiophene rings is 1. The van der Waals surface area contributed by atoms with Crippen LogP contribution in [0.3, 0.4) is 0 Å². The van der Waals surface area contributed by atoms with E-state index < -0.39 is 10.0 Å². The van der Waals surface area contributed by atoms with Crippen molar-refractivity contribution < 1.29 is 8.42 Å². The van der Waals surface area contributed by atoms with Crippen molar-refractivity contribution in [2.75, 3.05) is 6.54 Å². The van der Waals surface area contributed by atoms with Crippen LogP contribution < -0.4 is 0 Å². The molecular weight excluding hydrogens is 388 g/mol. The zero-order chi connectivity index (χ0) is 19.4. The van der Waals surface area contributed by atoms with E-state index in [2.05, 4.69) is 4.98 Å². The van der Waals surface area contributed by atoms with Crippen molar-refractivity contribution in [3.05, 3.63) is 94.9 Å². The SMILES string of the molecule is O=S(=O)(c1ccc2ccccc2c1)N(CCc1cccs1)Cc1cccnc1. The molecular formula is C22H20N2O2S2. The van der Waals surface area contributed by atoms with Gasteiger partial charge in [0.1, 0.15) is 0 Å². The van der Waals surface area contributed by atoms with Crippen LogP contribution >= 0.6 is 11.3 Å². The molecule has 0 aliphatic carbocycles. The van der Waals surface area contributed by atoms with Gasteiger partial charge in [0.05, 0.1) is 4.90 Å². The number of hydrogen-bond acceptors (Lipinski definition) is 4. The van der Waals surface area contributed by atoms with Crippen LogP contribution in [0, 0.1) is 0 Å². The summed E-state index contributed by atoms with van der Waals surface area (Å²) in [5, 5.41) is 3.96. The third kappa shape index (κ3) is 4.14. The van der Waals surface area contributed by atoms with E-state index in [1.807, 2.05) is 60.0 Å². The van der Waals surface area contributed by atoms with E-state index in [0.717, 1.165) is 16.3 Å². The van der Waals surface area contributed by atoms with E-state index in [9.17, 15) is 8.42 Å². The van der Waals surface area contributed by atoms with E-state index in [0.29, 0.717) is 24.4 Å². The van der Waals surface area contributed by atoms with Crippen molar-refractivity contribution in [1.29, 1.82) is 0 Å². The monoisotopic (exact) mass is 408 g/mol. The van der Waals surface area contributed by atoms with E-state index >= 15 is 0 Å². The van der Waals surface area contributed by atoms with E-state index in [1.165, 1.54) is 4.88 Å². The summed E-state index contributed by atoms with van der Waals surface area (Å²) in [6, 6.07) is 20.9. The van der Waals surface area contributed by atoms with Gasteiger partial charge in [-0.3, -0.25) is 4.98 Å². The number of hydrogen-bond donors (Lipinski definition) is 0. The molecule has 0 N–H and O–H groups in total. The highest BCUT2D eigenvalue weighted by Crippen LogP contribution is 2.24. The van der Waals surface area contributed by atoms with Gasteiger partial charge in [-0.25, -0.2) is 8.42 Å². The van der Waals surface area contributed by atoms with E-state index in [1.54, 1.807) is 40.2 Å². The lowest BCUT2D eigenvalue weighted by molar-refractivity contribution is 0.410. The molecule has 0 bridgehead atoms. The quantitative estimate of drug-likeness (QED) is 0.444. The zero-order valence-corrected chi connectivity index (χ0v) is 16.9. The summed E-state index contributed by atoms with van der Waals surface area (Å²) in [6.07, 6.45) is 4.09. The Morgan fingerprint density at radius 2 is 1.79 bits per heavy atom. The summed E-state index contributed by atoms with van der Waals surface area (Å²) in [5.74, 6) is 0. The van der Waals surface area contributed by atoms with Gasteiger partial charge in [0, 0.05) is 30.4 Å². The third-order valence-corrected chi connectivity index (χ3v) is 7.41. The molecule has 2 aromatic heterocycles. The molecule has 28 heavy (non-hydrogen) atoms. The molecule has 0 unspecified atom stereocenters. The van der Waals surface area contributed by atoms with Crippen LogP contribution in [0.15, 0.2) is 89.4 Å². The molecule has 0 radical (unpaired) electrons. The molecule has 6 heteroatoms. The smallest absolute Gasteiger partial charge is 0.243 e. The minimum absolute atomic E-state index is 0.300. The van der Waals surface area contributed by atoms with Crippen LogP contribution in [-0.2, 0) is 23.0 Å². The van der Waals surface area contributed by atoms with Crippen molar-refractivity contribution in [3.8, 4) is 0 Å². The number of pyridine rings is 1. The zero-order valence-electron chi connectivity index (χ0n) is 15.2. The minimum Gasteiger partial charge on any atom is -0.264 e. The average Bonchev–Trinajstić information content (AvgIpc) is 3.25. The topological polar surface area (TPSA) is 50.3 Å². The Kier molecular flexibility index (Phi) is 5.52. The normalized spacial score (nSPS) is 11.9. The van der Waals surface area contributed by atoms with Crippen LogP contribution in [0.25, 0.3) is 10.8 Å². The number of benzene rings is 2. The molecule has 2 aromatic carbocycles. The predicted octanol–water partition coefficient (Wildman–Crippen LogP) is 4.73. The molecule has 0 atom stereocenters. The summed E-state index contributed by atoms with van der Waals surface area (Å²) in [4.78, 5) is 5.62. The first kappa shape index (κ1) is 18.8. The second-order valence-electron chi connectivity index (χ2n) is 6.54. The van der Waals surface area contributed by atoms with E-state index in [-0.39, 0.29) is 0 Å². The van der Waals surface area contributed by atoms with Crippen LogP contribution in [0.2, 0.25) is 0 Å². The predicted molar refractivity (Wildman–Crippen MR) is 114 cm³/mol. The number of sulfonamides is 1. The van der Waals surface area contributed by atoms with E-state index in [4.69, 9.17) is 0 Å². The molecule has 0 amide bonds. The lowest BCUT2D eigenvalue weighted by Crippen LogP contribution is -2.32. The summed E-state index contributed by atoms with van der Waals surface area (Å²) < 4.78 is 28.4. The number of nitrogens with zero attached hydrogens (tertiary/aromatic N) is 2. The summed E-state index contributed by atoms with van der Waals surface area (Å²) in [6.45, 7) is 0.721. The standard InChI is InChI=1S/C22H20N2O2S2/c25-28(26,22-10-9-19-6-1-2-7-20(19)15-22)24(13-11-21-8-4-14-27-21)17-18-5-3-12-23-16-18/h1-10,12,14-16H,11,13,17H2. The molecule has 0 aliphatic heterocycles. The van der Waals surface area contributed by atoms with Crippen molar-refractivity contribution in [2.45, 2.75) is 17.9 Å². The van der Waals surface area contributed by atoms with Crippen molar-refractivity contribution >= 4 is 32.1 Å². The summed E-state index contributed by atoms with van der Waals surface area (Å²) in [5.41, 5.74) is 0.873. The lowest BCUT2D eigenvalue weighted by Gasteiger charge is -2.22. The highest BCUT2D eigenvalue weighted by Gasteiger charge is 2.25. The second kappa shape index (κ2) is 8.22.